The number of anilines is 2. The number of rotatable bonds is 2. The maximum Gasteiger partial charge on any atom is 0.173 e. The van der Waals surface area contributed by atoms with Crippen LogP contribution in [-0.2, 0) is 0 Å². The lowest BCUT2D eigenvalue weighted by Gasteiger charge is -2.37. The van der Waals surface area contributed by atoms with Crippen LogP contribution < -0.4 is 10.2 Å². The van der Waals surface area contributed by atoms with Crippen LogP contribution in [0.4, 0.5) is 11.4 Å². The lowest BCUT2D eigenvalue weighted by Crippen LogP contribution is -2.50. The van der Waals surface area contributed by atoms with Gasteiger partial charge in [0.15, 0.2) is 5.11 Å². The summed E-state index contributed by atoms with van der Waals surface area (Å²) < 4.78 is 0. The van der Waals surface area contributed by atoms with Gasteiger partial charge in [0.2, 0.25) is 0 Å². The van der Waals surface area contributed by atoms with Gasteiger partial charge < -0.3 is 20.2 Å². The number of halogens is 1. The number of nitrogens with zero attached hydrogens (tertiary/aromatic N) is 2. The molecule has 6 heteroatoms. The molecule has 0 saturated carbocycles. The number of thiocarbonyl (C=S) groups is 1. The zero-order chi connectivity index (χ0) is 17.1. The van der Waals surface area contributed by atoms with E-state index in [1.54, 1.807) is 12.1 Å². The summed E-state index contributed by atoms with van der Waals surface area (Å²) in [7, 11) is 0. The van der Waals surface area contributed by atoms with Gasteiger partial charge in [0.1, 0.15) is 5.75 Å². The average Bonchev–Trinajstić information content (AvgIpc) is 2.59. The summed E-state index contributed by atoms with van der Waals surface area (Å²) in [5, 5.41) is 14.4. The Morgan fingerprint density at radius 2 is 1.83 bits per heavy atom. The summed E-state index contributed by atoms with van der Waals surface area (Å²) in [6.45, 7) is 5.37. The molecular weight excluding hydrogens is 342 g/mol. The molecule has 0 aromatic heterocycles. The zero-order valence-corrected chi connectivity index (χ0v) is 15.1. The van der Waals surface area contributed by atoms with Crippen LogP contribution in [0, 0.1) is 6.92 Å². The SMILES string of the molecule is Cc1c(Cl)cccc1NC(=S)N1CCN(c2cccc(O)c2)CC1. The number of phenols is 1. The van der Waals surface area contributed by atoms with Gasteiger partial charge >= 0.3 is 0 Å². The van der Waals surface area contributed by atoms with Gasteiger partial charge in [-0.2, -0.15) is 0 Å². The van der Waals surface area contributed by atoms with Crippen molar-refractivity contribution in [3.05, 3.63) is 53.1 Å². The van der Waals surface area contributed by atoms with Crippen molar-refractivity contribution in [2.24, 2.45) is 0 Å². The number of aromatic hydroxyl groups is 1. The van der Waals surface area contributed by atoms with Gasteiger partial charge in [0, 0.05) is 48.6 Å². The first-order valence-corrected chi connectivity index (χ1v) is 8.68. The van der Waals surface area contributed by atoms with Gasteiger partial charge in [-0.3, -0.25) is 0 Å². The molecule has 0 amide bonds. The monoisotopic (exact) mass is 361 g/mol. The van der Waals surface area contributed by atoms with E-state index in [1.165, 1.54) is 0 Å². The summed E-state index contributed by atoms with van der Waals surface area (Å²) in [4.78, 5) is 4.42. The van der Waals surface area contributed by atoms with Crippen molar-refractivity contribution >= 4 is 40.3 Å². The number of hydrogen-bond acceptors (Lipinski definition) is 3. The molecule has 1 aliphatic heterocycles. The van der Waals surface area contributed by atoms with E-state index in [0.717, 1.165) is 53.3 Å². The van der Waals surface area contributed by atoms with Gasteiger partial charge in [0.25, 0.3) is 0 Å². The van der Waals surface area contributed by atoms with E-state index in [2.05, 4.69) is 15.1 Å². The third-order valence-corrected chi connectivity index (χ3v) is 5.04. The standard InChI is InChI=1S/C18H20ClN3OS/c1-13-16(19)6-3-7-17(13)20-18(24)22-10-8-21(9-11-22)14-4-2-5-15(23)12-14/h2-7,12,23H,8-11H2,1H3,(H,20,24). The van der Waals surface area contributed by atoms with Crippen molar-refractivity contribution in [3.63, 3.8) is 0 Å². The molecule has 24 heavy (non-hydrogen) atoms. The first-order valence-electron chi connectivity index (χ1n) is 7.89. The fraction of sp³-hybridized carbons (Fsp3) is 0.278. The second kappa shape index (κ2) is 7.28. The van der Waals surface area contributed by atoms with Crippen molar-refractivity contribution < 1.29 is 5.11 Å². The third-order valence-electron chi connectivity index (χ3n) is 4.27. The van der Waals surface area contributed by atoms with Crippen LogP contribution in [0.1, 0.15) is 5.56 Å². The van der Waals surface area contributed by atoms with Crippen LogP contribution in [0.15, 0.2) is 42.5 Å². The molecular formula is C18H20ClN3OS. The summed E-state index contributed by atoms with van der Waals surface area (Å²) >= 11 is 11.7. The molecule has 0 unspecified atom stereocenters. The van der Waals surface area contributed by atoms with E-state index in [0.29, 0.717) is 5.75 Å². The summed E-state index contributed by atoms with van der Waals surface area (Å²) in [5.41, 5.74) is 2.99. The molecule has 1 heterocycles. The molecule has 2 aromatic carbocycles. The number of phenolic OH excluding ortho intramolecular Hbond substituents is 1. The molecule has 0 radical (unpaired) electrons. The molecule has 0 bridgehead atoms. The fourth-order valence-electron chi connectivity index (χ4n) is 2.79. The minimum absolute atomic E-state index is 0.295. The highest BCUT2D eigenvalue weighted by molar-refractivity contribution is 7.80. The lowest BCUT2D eigenvalue weighted by atomic mass is 10.2. The lowest BCUT2D eigenvalue weighted by molar-refractivity contribution is 0.390. The number of nitrogens with one attached hydrogen (secondary N) is 1. The minimum atomic E-state index is 0.295. The highest BCUT2D eigenvalue weighted by Gasteiger charge is 2.20. The molecule has 2 N–H and O–H groups in total. The molecule has 2 aromatic rings. The predicted molar refractivity (Wildman–Crippen MR) is 104 cm³/mol. The number of piperazine rings is 1. The van der Waals surface area contributed by atoms with Crippen LogP contribution in [0.5, 0.6) is 5.75 Å². The molecule has 0 spiro atoms. The maximum absolute atomic E-state index is 9.62. The quantitative estimate of drug-likeness (QED) is 0.794. The Morgan fingerprint density at radius 1 is 1.12 bits per heavy atom. The number of hydrogen-bond donors (Lipinski definition) is 2. The van der Waals surface area contributed by atoms with Crippen molar-refractivity contribution in [2.75, 3.05) is 36.4 Å². The Labute approximate surface area is 152 Å². The molecule has 1 saturated heterocycles. The van der Waals surface area contributed by atoms with Crippen LogP contribution in [0.2, 0.25) is 5.02 Å². The van der Waals surface area contributed by atoms with Crippen molar-refractivity contribution in [3.8, 4) is 5.75 Å². The largest absolute Gasteiger partial charge is 0.508 e. The highest BCUT2D eigenvalue weighted by Crippen LogP contribution is 2.24. The van der Waals surface area contributed by atoms with E-state index in [-0.39, 0.29) is 0 Å². The normalized spacial score (nSPS) is 14.6. The predicted octanol–water partition coefficient (Wildman–Crippen LogP) is 3.87. The molecule has 3 rings (SSSR count). The summed E-state index contributed by atoms with van der Waals surface area (Å²) in [6.07, 6.45) is 0. The maximum atomic E-state index is 9.62. The zero-order valence-electron chi connectivity index (χ0n) is 13.5. The Morgan fingerprint density at radius 3 is 2.54 bits per heavy atom. The summed E-state index contributed by atoms with van der Waals surface area (Å²) in [6, 6.07) is 13.1. The fourth-order valence-corrected chi connectivity index (χ4v) is 3.26. The number of benzene rings is 2. The Balaban J connectivity index is 1.60. The molecule has 126 valence electrons. The first kappa shape index (κ1) is 16.9. The second-order valence-electron chi connectivity index (χ2n) is 5.84. The highest BCUT2D eigenvalue weighted by atomic mass is 35.5. The van der Waals surface area contributed by atoms with Gasteiger partial charge in [0.05, 0.1) is 0 Å². The Kier molecular flexibility index (Phi) is 5.11. The van der Waals surface area contributed by atoms with Crippen LogP contribution in [0.3, 0.4) is 0 Å². The van der Waals surface area contributed by atoms with Crippen molar-refractivity contribution in [1.29, 1.82) is 0 Å². The second-order valence-corrected chi connectivity index (χ2v) is 6.63. The van der Waals surface area contributed by atoms with E-state index in [1.807, 2.05) is 37.3 Å². The molecule has 1 fully saturated rings. The van der Waals surface area contributed by atoms with E-state index in [4.69, 9.17) is 23.8 Å². The Bertz CT molecular complexity index is 745. The van der Waals surface area contributed by atoms with Gasteiger partial charge in [-0.15, -0.1) is 0 Å². The summed E-state index contributed by atoms with van der Waals surface area (Å²) in [5.74, 6) is 0.295. The van der Waals surface area contributed by atoms with Gasteiger partial charge in [-0.05, 0) is 49.0 Å². The smallest absolute Gasteiger partial charge is 0.173 e. The molecule has 0 aliphatic carbocycles. The minimum Gasteiger partial charge on any atom is -0.508 e. The third kappa shape index (κ3) is 3.74. The first-order chi connectivity index (χ1) is 11.5. The van der Waals surface area contributed by atoms with E-state index in [9.17, 15) is 5.11 Å². The van der Waals surface area contributed by atoms with Crippen LogP contribution in [-0.4, -0.2) is 41.3 Å². The average molecular weight is 362 g/mol. The Hall–Kier alpha value is -1.98. The van der Waals surface area contributed by atoms with Crippen molar-refractivity contribution in [2.45, 2.75) is 6.92 Å². The van der Waals surface area contributed by atoms with Gasteiger partial charge in [-0.25, -0.2) is 0 Å². The van der Waals surface area contributed by atoms with Crippen LogP contribution >= 0.6 is 23.8 Å². The molecule has 4 nitrogen and oxygen atoms in total. The van der Waals surface area contributed by atoms with E-state index < -0.39 is 0 Å². The molecule has 1 aliphatic rings. The van der Waals surface area contributed by atoms with Crippen molar-refractivity contribution in [1.82, 2.24) is 4.90 Å². The van der Waals surface area contributed by atoms with Gasteiger partial charge in [-0.1, -0.05) is 23.7 Å². The van der Waals surface area contributed by atoms with E-state index >= 15 is 0 Å². The topological polar surface area (TPSA) is 38.7 Å². The van der Waals surface area contributed by atoms with Crippen LogP contribution in [0.25, 0.3) is 0 Å². The molecule has 0 atom stereocenters.